The van der Waals surface area contributed by atoms with Crippen molar-refractivity contribution in [1.82, 2.24) is 4.98 Å². The van der Waals surface area contributed by atoms with E-state index in [0.717, 1.165) is 5.69 Å². The molecule has 0 unspecified atom stereocenters. The zero-order valence-corrected chi connectivity index (χ0v) is 15.5. The molecule has 0 saturated carbocycles. The van der Waals surface area contributed by atoms with Gasteiger partial charge in [-0.1, -0.05) is 48.0 Å². The maximum atomic E-state index is 12.5. The molecule has 5 nitrogen and oxygen atoms in total. The third-order valence-electron chi connectivity index (χ3n) is 3.96. The highest BCUT2D eigenvalue weighted by molar-refractivity contribution is 7.92. The summed E-state index contributed by atoms with van der Waals surface area (Å²) in [6.45, 7) is 4.50. The van der Waals surface area contributed by atoms with Crippen LogP contribution in [0.1, 0.15) is 16.7 Å². The third kappa shape index (κ3) is 4.40. The fourth-order valence-electron chi connectivity index (χ4n) is 2.64. The molecule has 2 aromatic carbocycles. The number of hydrogen-bond donors (Lipinski definition) is 2. The number of nitrogens with one attached hydrogen (secondary N) is 2. The van der Waals surface area contributed by atoms with E-state index in [1.165, 1.54) is 11.1 Å². The molecule has 26 heavy (non-hydrogen) atoms. The van der Waals surface area contributed by atoms with Gasteiger partial charge in [0.15, 0.2) is 0 Å². The molecule has 3 rings (SSSR count). The van der Waals surface area contributed by atoms with Gasteiger partial charge in [0.05, 0.1) is 16.8 Å². The van der Waals surface area contributed by atoms with Crippen LogP contribution in [0.15, 0.2) is 71.8 Å². The van der Waals surface area contributed by atoms with Crippen LogP contribution in [0.4, 0.5) is 11.5 Å². The minimum absolute atomic E-state index is 0.253. The zero-order valence-electron chi connectivity index (χ0n) is 14.7. The Balaban J connectivity index is 1.67. The highest BCUT2D eigenvalue weighted by atomic mass is 32.2. The maximum Gasteiger partial charge on any atom is 0.263 e. The molecule has 0 saturated heterocycles. The first-order chi connectivity index (χ1) is 12.4. The molecule has 134 valence electrons. The normalized spacial score (nSPS) is 11.2. The molecule has 6 heteroatoms. The van der Waals surface area contributed by atoms with Gasteiger partial charge in [-0.05, 0) is 43.2 Å². The van der Waals surface area contributed by atoms with E-state index < -0.39 is 10.0 Å². The number of rotatable bonds is 6. The monoisotopic (exact) mass is 367 g/mol. The van der Waals surface area contributed by atoms with E-state index in [0.29, 0.717) is 12.1 Å². The lowest BCUT2D eigenvalue weighted by Gasteiger charge is -2.11. The van der Waals surface area contributed by atoms with Crippen molar-refractivity contribution in [3.8, 4) is 0 Å². The van der Waals surface area contributed by atoms with Gasteiger partial charge in [0.25, 0.3) is 10.0 Å². The summed E-state index contributed by atoms with van der Waals surface area (Å²) >= 11 is 0. The summed E-state index contributed by atoms with van der Waals surface area (Å²) < 4.78 is 27.5. The Labute approximate surface area is 154 Å². The van der Waals surface area contributed by atoms with Crippen LogP contribution >= 0.6 is 0 Å². The standard InChI is InChI=1S/C20H21N3O2S/c1-15-6-5-8-17(12-15)13-21-18-10-11-20(22-14-18)23-26(24,25)19-9-4-3-7-16(19)2/h3-12,14,21H,13H2,1-2H3,(H,22,23). The first-order valence-corrected chi connectivity index (χ1v) is 9.76. The number of hydrogen-bond acceptors (Lipinski definition) is 4. The smallest absolute Gasteiger partial charge is 0.263 e. The quantitative estimate of drug-likeness (QED) is 0.688. The lowest BCUT2D eigenvalue weighted by Crippen LogP contribution is -2.15. The molecular formula is C20H21N3O2S. The van der Waals surface area contributed by atoms with Crippen molar-refractivity contribution in [2.24, 2.45) is 0 Å². The summed E-state index contributed by atoms with van der Waals surface area (Å²) in [6.07, 6.45) is 1.62. The van der Waals surface area contributed by atoms with E-state index >= 15 is 0 Å². The molecule has 1 heterocycles. The summed E-state index contributed by atoms with van der Waals surface area (Å²) in [4.78, 5) is 4.45. The Bertz CT molecular complexity index is 1000. The molecule has 0 amide bonds. The lowest BCUT2D eigenvalue weighted by atomic mass is 10.1. The van der Waals surface area contributed by atoms with Gasteiger partial charge in [0, 0.05) is 6.54 Å². The molecule has 2 N–H and O–H groups in total. The Morgan fingerprint density at radius 1 is 0.962 bits per heavy atom. The Hall–Kier alpha value is -2.86. The van der Waals surface area contributed by atoms with Crippen molar-refractivity contribution in [3.05, 3.63) is 83.6 Å². The van der Waals surface area contributed by atoms with Gasteiger partial charge in [-0.25, -0.2) is 13.4 Å². The van der Waals surface area contributed by atoms with E-state index in [1.807, 2.05) is 6.07 Å². The van der Waals surface area contributed by atoms with Crippen molar-refractivity contribution < 1.29 is 8.42 Å². The van der Waals surface area contributed by atoms with Gasteiger partial charge in [-0.15, -0.1) is 0 Å². The Morgan fingerprint density at radius 3 is 2.46 bits per heavy atom. The van der Waals surface area contributed by atoms with Crippen LogP contribution in [-0.2, 0) is 16.6 Å². The first kappa shape index (κ1) is 17.9. The molecule has 0 aliphatic heterocycles. The molecular weight excluding hydrogens is 346 g/mol. The molecule has 0 atom stereocenters. The molecule has 3 aromatic rings. The summed E-state index contributed by atoms with van der Waals surface area (Å²) in [5.41, 5.74) is 3.90. The molecule has 0 spiro atoms. The van der Waals surface area contributed by atoms with Gasteiger partial charge in [-0.3, -0.25) is 4.72 Å². The van der Waals surface area contributed by atoms with Crippen molar-refractivity contribution >= 4 is 21.5 Å². The second-order valence-electron chi connectivity index (χ2n) is 6.15. The predicted octanol–water partition coefficient (Wildman–Crippen LogP) is 4.11. The van der Waals surface area contributed by atoms with Gasteiger partial charge >= 0.3 is 0 Å². The minimum Gasteiger partial charge on any atom is -0.380 e. The summed E-state index contributed by atoms with van der Waals surface area (Å²) in [5.74, 6) is 0.286. The highest BCUT2D eigenvalue weighted by Gasteiger charge is 2.16. The van der Waals surface area contributed by atoms with Crippen molar-refractivity contribution in [1.29, 1.82) is 0 Å². The number of sulfonamides is 1. The van der Waals surface area contributed by atoms with Crippen molar-refractivity contribution in [2.45, 2.75) is 25.3 Å². The first-order valence-electron chi connectivity index (χ1n) is 8.28. The fraction of sp³-hybridized carbons (Fsp3) is 0.150. The Morgan fingerprint density at radius 2 is 1.77 bits per heavy atom. The van der Waals surface area contributed by atoms with Gasteiger partial charge in [0.1, 0.15) is 5.82 Å². The number of pyridine rings is 1. The van der Waals surface area contributed by atoms with E-state index in [9.17, 15) is 8.42 Å². The topological polar surface area (TPSA) is 71.1 Å². The van der Waals surface area contributed by atoms with Gasteiger partial charge in [0.2, 0.25) is 0 Å². The van der Waals surface area contributed by atoms with Gasteiger partial charge in [-0.2, -0.15) is 0 Å². The largest absolute Gasteiger partial charge is 0.380 e. The average Bonchev–Trinajstić information content (AvgIpc) is 2.61. The minimum atomic E-state index is -3.65. The molecule has 0 radical (unpaired) electrons. The SMILES string of the molecule is Cc1cccc(CNc2ccc(NS(=O)(=O)c3ccccc3C)nc2)c1. The van der Waals surface area contributed by atoms with Crippen LogP contribution in [0.5, 0.6) is 0 Å². The average molecular weight is 367 g/mol. The Kier molecular flexibility index (Phi) is 5.23. The number of nitrogens with zero attached hydrogens (tertiary/aromatic N) is 1. The molecule has 1 aromatic heterocycles. The summed E-state index contributed by atoms with van der Waals surface area (Å²) in [7, 11) is -3.65. The molecule has 0 aliphatic carbocycles. The second kappa shape index (κ2) is 7.58. The predicted molar refractivity (Wildman–Crippen MR) is 105 cm³/mol. The molecule has 0 aliphatic rings. The second-order valence-corrected chi connectivity index (χ2v) is 7.80. The number of anilines is 2. The summed E-state index contributed by atoms with van der Waals surface area (Å²) in [5, 5.41) is 3.28. The highest BCUT2D eigenvalue weighted by Crippen LogP contribution is 2.19. The van der Waals surface area contributed by atoms with Crippen LogP contribution in [0.2, 0.25) is 0 Å². The van der Waals surface area contributed by atoms with Crippen molar-refractivity contribution in [3.63, 3.8) is 0 Å². The van der Waals surface area contributed by atoms with E-state index in [2.05, 4.69) is 40.1 Å². The number of benzene rings is 2. The summed E-state index contributed by atoms with van der Waals surface area (Å²) in [6, 6.07) is 18.6. The van der Waals surface area contributed by atoms with Crippen LogP contribution in [-0.4, -0.2) is 13.4 Å². The lowest BCUT2D eigenvalue weighted by molar-refractivity contribution is 0.600. The van der Waals surface area contributed by atoms with Gasteiger partial charge < -0.3 is 5.32 Å². The number of aryl methyl sites for hydroxylation is 2. The third-order valence-corrected chi connectivity index (χ3v) is 5.48. The van der Waals surface area contributed by atoms with E-state index in [-0.39, 0.29) is 10.7 Å². The van der Waals surface area contributed by atoms with Crippen LogP contribution < -0.4 is 10.0 Å². The van der Waals surface area contributed by atoms with E-state index in [4.69, 9.17) is 0 Å². The zero-order chi connectivity index (χ0) is 18.6. The van der Waals surface area contributed by atoms with E-state index in [1.54, 1.807) is 49.5 Å². The molecule has 0 bridgehead atoms. The van der Waals surface area contributed by atoms with Crippen LogP contribution in [0.25, 0.3) is 0 Å². The fourth-order valence-corrected chi connectivity index (χ4v) is 3.89. The maximum absolute atomic E-state index is 12.5. The number of aromatic nitrogens is 1. The van der Waals surface area contributed by atoms with Crippen molar-refractivity contribution in [2.75, 3.05) is 10.0 Å². The van der Waals surface area contributed by atoms with Crippen LogP contribution in [0, 0.1) is 13.8 Å². The molecule has 0 fully saturated rings. The van der Waals surface area contributed by atoms with Crippen LogP contribution in [0.3, 0.4) is 0 Å².